The van der Waals surface area contributed by atoms with Crippen LogP contribution in [0.1, 0.15) is 18.4 Å². The van der Waals surface area contributed by atoms with Gasteiger partial charge < -0.3 is 16.0 Å². The molecule has 21 heavy (non-hydrogen) atoms. The molecule has 0 aromatic heterocycles. The fourth-order valence-electron chi connectivity index (χ4n) is 2.57. The lowest BCUT2D eigenvalue weighted by Crippen LogP contribution is -2.49. The molecule has 0 spiro atoms. The Hall–Kier alpha value is -1.04. The number of aryl methyl sites for hydroxylation is 1. The van der Waals surface area contributed by atoms with Crippen LogP contribution >= 0.6 is 24.8 Å². The van der Waals surface area contributed by atoms with E-state index in [1.54, 1.807) is 6.07 Å². The van der Waals surface area contributed by atoms with Crippen molar-refractivity contribution in [3.05, 3.63) is 29.6 Å². The van der Waals surface area contributed by atoms with E-state index in [-0.39, 0.29) is 49.1 Å². The first-order valence-corrected chi connectivity index (χ1v) is 6.60. The summed E-state index contributed by atoms with van der Waals surface area (Å²) >= 11 is 0. The Labute approximate surface area is 137 Å². The molecule has 3 N–H and O–H groups in total. The monoisotopic (exact) mass is 337 g/mol. The predicted molar refractivity (Wildman–Crippen MR) is 88.1 cm³/mol. The first kappa shape index (κ1) is 20.0. The van der Waals surface area contributed by atoms with E-state index < -0.39 is 0 Å². The van der Waals surface area contributed by atoms with Gasteiger partial charge in [0.25, 0.3) is 0 Å². The van der Waals surface area contributed by atoms with Crippen LogP contribution in [0.3, 0.4) is 0 Å². The molecule has 1 unspecified atom stereocenters. The zero-order valence-corrected chi connectivity index (χ0v) is 13.6. The number of carbonyl (C=O) groups is 1. The molecule has 4 nitrogen and oxygen atoms in total. The van der Waals surface area contributed by atoms with Crippen LogP contribution in [0.25, 0.3) is 0 Å². The molecule has 120 valence electrons. The van der Waals surface area contributed by atoms with Crippen molar-refractivity contribution in [3.8, 4) is 0 Å². The molecular formula is C14H22Cl2FN3O. The summed E-state index contributed by atoms with van der Waals surface area (Å²) in [6.45, 7) is 3.60. The van der Waals surface area contributed by atoms with Gasteiger partial charge in [-0.25, -0.2) is 4.39 Å². The number of anilines is 1. The zero-order valence-electron chi connectivity index (χ0n) is 12.0. The molecular weight excluding hydrogens is 316 g/mol. The van der Waals surface area contributed by atoms with Gasteiger partial charge in [-0.05, 0) is 43.5 Å². The number of carbonyl (C=O) groups excluding carboxylic acids is 1. The molecule has 1 fully saturated rings. The molecule has 0 saturated carbocycles. The highest BCUT2D eigenvalue weighted by atomic mass is 35.5. The van der Waals surface area contributed by atoms with Gasteiger partial charge in [0, 0.05) is 24.8 Å². The molecule has 1 saturated heterocycles. The number of halogens is 3. The second kappa shape index (κ2) is 9.07. The number of hydrogen-bond acceptors (Lipinski definition) is 3. The highest BCUT2D eigenvalue weighted by Gasteiger charge is 2.22. The number of amides is 1. The lowest BCUT2D eigenvalue weighted by atomic mass is 10.0. The van der Waals surface area contributed by atoms with Crippen LogP contribution in [0, 0.1) is 12.7 Å². The summed E-state index contributed by atoms with van der Waals surface area (Å²) in [4.78, 5) is 13.5. The first-order valence-electron chi connectivity index (χ1n) is 6.60. The molecule has 1 aliphatic heterocycles. The highest BCUT2D eigenvalue weighted by molar-refractivity contribution is 5.85. The summed E-state index contributed by atoms with van der Waals surface area (Å²) in [5.41, 5.74) is 7.27. The summed E-state index contributed by atoms with van der Waals surface area (Å²) in [5, 5.41) is 2.92. The van der Waals surface area contributed by atoms with Gasteiger partial charge in [-0.2, -0.15) is 0 Å². The van der Waals surface area contributed by atoms with Crippen LogP contribution in [0.15, 0.2) is 18.2 Å². The molecule has 1 aromatic carbocycles. The molecule has 0 bridgehead atoms. The molecule has 1 amide bonds. The van der Waals surface area contributed by atoms with Crippen LogP contribution in [-0.4, -0.2) is 31.6 Å². The Morgan fingerprint density at radius 3 is 2.81 bits per heavy atom. The van der Waals surface area contributed by atoms with Gasteiger partial charge >= 0.3 is 0 Å². The van der Waals surface area contributed by atoms with E-state index in [2.05, 4.69) is 10.2 Å². The van der Waals surface area contributed by atoms with E-state index in [1.165, 1.54) is 12.1 Å². The fourth-order valence-corrected chi connectivity index (χ4v) is 2.57. The van der Waals surface area contributed by atoms with Crippen molar-refractivity contribution in [3.63, 3.8) is 0 Å². The van der Waals surface area contributed by atoms with Crippen molar-refractivity contribution < 1.29 is 9.18 Å². The first-order chi connectivity index (χ1) is 9.10. The lowest BCUT2D eigenvalue weighted by Gasteiger charge is -2.35. The van der Waals surface area contributed by atoms with E-state index in [0.29, 0.717) is 0 Å². The number of nitrogens with two attached hydrogens (primary N) is 1. The summed E-state index contributed by atoms with van der Waals surface area (Å²) in [6.07, 6.45) is 1.97. The van der Waals surface area contributed by atoms with Gasteiger partial charge in [0.15, 0.2) is 0 Å². The molecule has 0 aliphatic carbocycles. The van der Waals surface area contributed by atoms with Crippen LogP contribution in [0.2, 0.25) is 0 Å². The van der Waals surface area contributed by atoms with Crippen LogP contribution in [0.4, 0.5) is 10.1 Å². The number of benzene rings is 1. The average Bonchev–Trinajstić information content (AvgIpc) is 2.39. The maximum absolute atomic E-state index is 13.1. The van der Waals surface area contributed by atoms with Crippen molar-refractivity contribution in [2.24, 2.45) is 5.73 Å². The minimum absolute atomic E-state index is 0. The molecule has 1 atom stereocenters. The van der Waals surface area contributed by atoms with E-state index in [1.807, 2.05) is 6.92 Å². The number of piperidine rings is 1. The van der Waals surface area contributed by atoms with Crippen LogP contribution in [-0.2, 0) is 4.79 Å². The summed E-state index contributed by atoms with van der Waals surface area (Å²) in [6, 6.07) is 4.94. The lowest BCUT2D eigenvalue weighted by molar-refractivity contribution is -0.120. The third kappa shape index (κ3) is 5.34. The minimum atomic E-state index is -0.216. The maximum atomic E-state index is 13.1. The van der Waals surface area contributed by atoms with Crippen molar-refractivity contribution in [2.45, 2.75) is 25.8 Å². The van der Waals surface area contributed by atoms with Crippen LogP contribution in [0.5, 0.6) is 0 Å². The van der Waals surface area contributed by atoms with Gasteiger partial charge in [0.05, 0.1) is 6.54 Å². The SMILES string of the molecule is Cc1cc(F)ccc1N1CCCC(NC(=O)CN)C1.Cl.Cl. The standard InChI is InChI=1S/C14H20FN3O.2ClH/c1-10-7-11(15)4-5-13(10)18-6-2-3-12(9-18)17-14(19)8-16;;/h4-5,7,12H,2-3,6,8-9,16H2,1H3,(H,17,19);2*1H. The van der Waals surface area contributed by atoms with E-state index >= 15 is 0 Å². The second-order valence-corrected chi connectivity index (χ2v) is 4.99. The predicted octanol–water partition coefficient (Wildman–Crippen LogP) is 2.02. The van der Waals surface area contributed by atoms with Crippen molar-refractivity contribution in [2.75, 3.05) is 24.5 Å². The molecule has 2 rings (SSSR count). The molecule has 1 aliphatic rings. The number of nitrogens with one attached hydrogen (secondary N) is 1. The van der Waals surface area contributed by atoms with E-state index in [4.69, 9.17) is 5.73 Å². The average molecular weight is 338 g/mol. The van der Waals surface area contributed by atoms with E-state index in [0.717, 1.165) is 37.2 Å². The maximum Gasteiger partial charge on any atom is 0.234 e. The Kier molecular flexibility index (Phi) is 8.63. The number of nitrogens with zero attached hydrogens (tertiary/aromatic N) is 1. The van der Waals surface area contributed by atoms with Crippen LogP contribution < -0.4 is 16.0 Å². The largest absolute Gasteiger partial charge is 0.369 e. The van der Waals surface area contributed by atoms with Crippen molar-refractivity contribution in [1.29, 1.82) is 0 Å². The fraction of sp³-hybridized carbons (Fsp3) is 0.500. The smallest absolute Gasteiger partial charge is 0.234 e. The molecule has 1 aromatic rings. The van der Waals surface area contributed by atoms with Gasteiger partial charge in [-0.15, -0.1) is 24.8 Å². The number of hydrogen-bond donors (Lipinski definition) is 2. The third-order valence-electron chi connectivity index (χ3n) is 3.47. The third-order valence-corrected chi connectivity index (χ3v) is 3.47. The van der Waals surface area contributed by atoms with Crippen molar-refractivity contribution in [1.82, 2.24) is 5.32 Å². The summed E-state index contributed by atoms with van der Waals surface area (Å²) in [7, 11) is 0. The van der Waals surface area contributed by atoms with Gasteiger partial charge in [-0.1, -0.05) is 0 Å². The minimum Gasteiger partial charge on any atom is -0.369 e. The number of rotatable bonds is 3. The Morgan fingerprint density at radius 2 is 2.19 bits per heavy atom. The molecule has 1 heterocycles. The van der Waals surface area contributed by atoms with Gasteiger partial charge in [0.2, 0.25) is 5.91 Å². The Bertz CT molecular complexity index is 474. The van der Waals surface area contributed by atoms with E-state index in [9.17, 15) is 9.18 Å². The quantitative estimate of drug-likeness (QED) is 0.887. The van der Waals surface area contributed by atoms with Crippen molar-refractivity contribution >= 4 is 36.4 Å². The molecule has 0 radical (unpaired) electrons. The topological polar surface area (TPSA) is 58.4 Å². The Morgan fingerprint density at radius 1 is 1.48 bits per heavy atom. The highest BCUT2D eigenvalue weighted by Crippen LogP contribution is 2.24. The normalized spacial score (nSPS) is 17.5. The summed E-state index contributed by atoms with van der Waals surface area (Å²) in [5.74, 6) is -0.339. The zero-order chi connectivity index (χ0) is 13.8. The molecule has 7 heteroatoms. The summed E-state index contributed by atoms with van der Waals surface area (Å²) < 4.78 is 13.1. The second-order valence-electron chi connectivity index (χ2n) is 4.99. The van der Waals surface area contributed by atoms with Gasteiger partial charge in [-0.3, -0.25) is 4.79 Å². The van der Waals surface area contributed by atoms with Gasteiger partial charge in [0.1, 0.15) is 5.82 Å². The Balaban J connectivity index is 0.00000200.